The molecule has 2 N–H and O–H groups in total. The average Bonchev–Trinajstić information content (AvgIpc) is 2.46. The zero-order chi connectivity index (χ0) is 14.6. The van der Waals surface area contributed by atoms with Gasteiger partial charge in [0.1, 0.15) is 5.82 Å². The molecule has 1 heterocycles. The van der Waals surface area contributed by atoms with E-state index in [4.69, 9.17) is 5.73 Å². The Bertz CT molecular complexity index is 465. The van der Waals surface area contributed by atoms with Crippen LogP contribution in [0.25, 0.3) is 0 Å². The van der Waals surface area contributed by atoms with Crippen molar-refractivity contribution in [3.63, 3.8) is 0 Å². The van der Waals surface area contributed by atoms with Crippen molar-refractivity contribution >= 4 is 17.7 Å². The molecule has 2 rings (SSSR count). The van der Waals surface area contributed by atoms with Crippen LogP contribution in [-0.4, -0.2) is 42.0 Å². The number of guanidine groups is 1. The fraction of sp³-hybridized carbons (Fsp3) is 0.533. The molecule has 110 valence electrons. The Morgan fingerprint density at radius 3 is 2.50 bits per heavy atom. The predicted molar refractivity (Wildman–Crippen MR) is 84.8 cm³/mol. The van der Waals surface area contributed by atoms with Gasteiger partial charge in [-0.2, -0.15) is 11.8 Å². The van der Waals surface area contributed by atoms with Gasteiger partial charge in [0.25, 0.3) is 0 Å². The zero-order valence-electron chi connectivity index (χ0n) is 12.1. The first-order valence-electron chi connectivity index (χ1n) is 6.88. The highest BCUT2D eigenvalue weighted by molar-refractivity contribution is 7.99. The van der Waals surface area contributed by atoms with Crippen LogP contribution >= 0.6 is 11.8 Å². The van der Waals surface area contributed by atoms with Crippen LogP contribution in [0, 0.1) is 5.82 Å². The Balaban J connectivity index is 2.01. The third-order valence-electron chi connectivity index (χ3n) is 3.60. The van der Waals surface area contributed by atoms with E-state index < -0.39 is 0 Å². The van der Waals surface area contributed by atoms with Gasteiger partial charge in [0.2, 0.25) is 0 Å². The third kappa shape index (κ3) is 3.88. The Kier molecular flexibility index (Phi) is 4.91. The van der Waals surface area contributed by atoms with Crippen molar-refractivity contribution in [1.82, 2.24) is 4.90 Å². The number of benzene rings is 1. The van der Waals surface area contributed by atoms with E-state index in [9.17, 15) is 4.39 Å². The van der Waals surface area contributed by atoms with Gasteiger partial charge in [0.15, 0.2) is 5.96 Å². The zero-order valence-corrected chi connectivity index (χ0v) is 12.9. The maximum absolute atomic E-state index is 13.0. The van der Waals surface area contributed by atoms with Crippen LogP contribution in [-0.2, 0) is 5.41 Å². The van der Waals surface area contributed by atoms with E-state index in [-0.39, 0.29) is 11.2 Å². The van der Waals surface area contributed by atoms with E-state index >= 15 is 0 Å². The summed E-state index contributed by atoms with van der Waals surface area (Å²) in [5.74, 6) is 2.63. The lowest BCUT2D eigenvalue weighted by Gasteiger charge is -2.29. The van der Waals surface area contributed by atoms with E-state index in [2.05, 4.69) is 23.7 Å². The van der Waals surface area contributed by atoms with Crippen LogP contribution in [0.4, 0.5) is 4.39 Å². The predicted octanol–water partition coefficient (Wildman–Crippen LogP) is 2.47. The Labute approximate surface area is 124 Å². The molecule has 0 aromatic heterocycles. The van der Waals surface area contributed by atoms with Crippen molar-refractivity contribution in [2.45, 2.75) is 19.3 Å². The van der Waals surface area contributed by atoms with Crippen molar-refractivity contribution in [2.75, 3.05) is 31.1 Å². The van der Waals surface area contributed by atoms with Gasteiger partial charge < -0.3 is 10.6 Å². The smallest absolute Gasteiger partial charge is 0.191 e. The van der Waals surface area contributed by atoms with E-state index in [1.807, 2.05) is 23.9 Å². The topological polar surface area (TPSA) is 41.6 Å². The molecule has 20 heavy (non-hydrogen) atoms. The van der Waals surface area contributed by atoms with Crippen LogP contribution < -0.4 is 5.73 Å². The number of rotatable bonds is 3. The summed E-state index contributed by atoms with van der Waals surface area (Å²) in [6.45, 7) is 6.74. The summed E-state index contributed by atoms with van der Waals surface area (Å²) in [4.78, 5) is 6.67. The number of hydrogen-bond acceptors (Lipinski definition) is 2. The minimum Gasteiger partial charge on any atom is -0.370 e. The standard InChI is InChI=1S/C15H22FN3S/c1-15(2,12-3-5-13(16)6-4-12)11-18-14(17)19-7-9-20-10-8-19/h3-6H,7-11H2,1-2H3,(H2,17,18). The SMILES string of the molecule is CC(C)(CN=C(N)N1CCSCC1)c1ccc(F)cc1. The molecule has 1 aliphatic heterocycles. The maximum Gasteiger partial charge on any atom is 0.191 e. The maximum atomic E-state index is 13.0. The fourth-order valence-corrected chi connectivity index (χ4v) is 3.07. The molecular formula is C15H22FN3S. The normalized spacial score (nSPS) is 17.4. The highest BCUT2D eigenvalue weighted by Crippen LogP contribution is 2.23. The van der Waals surface area contributed by atoms with Gasteiger partial charge in [-0.05, 0) is 17.7 Å². The summed E-state index contributed by atoms with van der Waals surface area (Å²) in [6, 6.07) is 6.62. The molecule has 1 aromatic rings. The van der Waals surface area contributed by atoms with Crippen LogP contribution in [0.1, 0.15) is 19.4 Å². The monoisotopic (exact) mass is 295 g/mol. The molecule has 0 radical (unpaired) electrons. The second kappa shape index (κ2) is 6.48. The van der Waals surface area contributed by atoms with Gasteiger partial charge in [-0.15, -0.1) is 0 Å². The lowest BCUT2D eigenvalue weighted by molar-refractivity contribution is 0.449. The van der Waals surface area contributed by atoms with Crippen molar-refractivity contribution in [2.24, 2.45) is 10.7 Å². The lowest BCUT2D eigenvalue weighted by Crippen LogP contribution is -2.43. The summed E-state index contributed by atoms with van der Waals surface area (Å²) in [5, 5.41) is 0. The molecule has 5 heteroatoms. The molecule has 0 amide bonds. The summed E-state index contributed by atoms with van der Waals surface area (Å²) in [5.41, 5.74) is 6.99. The quantitative estimate of drug-likeness (QED) is 0.688. The molecule has 0 aliphatic carbocycles. The van der Waals surface area contributed by atoms with Gasteiger partial charge in [-0.3, -0.25) is 4.99 Å². The fourth-order valence-electron chi connectivity index (χ4n) is 2.16. The second-order valence-corrected chi connectivity index (χ2v) is 6.89. The van der Waals surface area contributed by atoms with Crippen LogP contribution in [0.15, 0.2) is 29.3 Å². The first kappa shape index (κ1) is 15.2. The van der Waals surface area contributed by atoms with E-state index in [0.717, 1.165) is 30.2 Å². The Hall–Kier alpha value is -1.23. The molecule has 0 spiro atoms. The van der Waals surface area contributed by atoms with Crippen LogP contribution in [0.3, 0.4) is 0 Å². The van der Waals surface area contributed by atoms with Gasteiger partial charge >= 0.3 is 0 Å². The first-order valence-corrected chi connectivity index (χ1v) is 8.03. The molecule has 3 nitrogen and oxygen atoms in total. The Morgan fingerprint density at radius 2 is 1.90 bits per heavy atom. The van der Waals surface area contributed by atoms with Crippen LogP contribution in [0.5, 0.6) is 0 Å². The Morgan fingerprint density at radius 1 is 1.30 bits per heavy atom. The molecule has 0 saturated carbocycles. The van der Waals surface area contributed by atoms with Gasteiger partial charge in [-0.25, -0.2) is 4.39 Å². The number of nitrogens with two attached hydrogens (primary N) is 1. The largest absolute Gasteiger partial charge is 0.370 e. The molecule has 1 fully saturated rings. The molecule has 0 unspecified atom stereocenters. The highest BCUT2D eigenvalue weighted by Gasteiger charge is 2.21. The van der Waals surface area contributed by atoms with Crippen LogP contribution in [0.2, 0.25) is 0 Å². The molecular weight excluding hydrogens is 273 g/mol. The minimum absolute atomic E-state index is 0.150. The number of nitrogens with zero attached hydrogens (tertiary/aromatic N) is 2. The van der Waals surface area contributed by atoms with Gasteiger partial charge in [0, 0.05) is 30.0 Å². The molecule has 1 saturated heterocycles. The van der Waals surface area contributed by atoms with Gasteiger partial charge in [0.05, 0.1) is 6.54 Å². The number of halogens is 1. The number of aliphatic imine (C=N–C) groups is 1. The molecule has 0 bridgehead atoms. The minimum atomic E-state index is -0.210. The molecule has 0 atom stereocenters. The van der Waals surface area contributed by atoms with Crippen molar-refractivity contribution < 1.29 is 4.39 Å². The van der Waals surface area contributed by atoms with Crippen molar-refractivity contribution in [3.05, 3.63) is 35.6 Å². The third-order valence-corrected chi connectivity index (χ3v) is 4.54. The van der Waals surface area contributed by atoms with Crippen molar-refractivity contribution in [3.8, 4) is 0 Å². The highest BCUT2D eigenvalue weighted by atomic mass is 32.2. The summed E-state index contributed by atoms with van der Waals surface area (Å²) in [6.07, 6.45) is 0. The average molecular weight is 295 g/mol. The summed E-state index contributed by atoms with van der Waals surface area (Å²) in [7, 11) is 0. The molecule has 1 aliphatic rings. The van der Waals surface area contributed by atoms with E-state index in [1.165, 1.54) is 12.1 Å². The second-order valence-electron chi connectivity index (χ2n) is 5.66. The number of thioether (sulfide) groups is 1. The number of hydrogen-bond donors (Lipinski definition) is 1. The first-order chi connectivity index (χ1) is 9.49. The molecule has 1 aromatic carbocycles. The lowest BCUT2D eigenvalue weighted by atomic mass is 9.85. The van der Waals surface area contributed by atoms with Crippen molar-refractivity contribution in [1.29, 1.82) is 0 Å². The van der Waals surface area contributed by atoms with E-state index in [0.29, 0.717) is 12.5 Å². The summed E-state index contributed by atoms with van der Waals surface area (Å²) >= 11 is 1.95. The van der Waals surface area contributed by atoms with E-state index in [1.54, 1.807) is 0 Å². The summed E-state index contributed by atoms with van der Waals surface area (Å²) < 4.78 is 13.0. The van der Waals surface area contributed by atoms with Gasteiger partial charge in [-0.1, -0.05) is 26.0 Å².